The minimum atomic E-state index is -0.0794. The smallest absolute Gasteiger partial charge is 0.128 e. The molecule has 1 aliphatic heterocycles. The molecule has 0 saturated heterocycles. The molecule has 2 N–H and O–H groups in total. The molecule has 0 fully saturated rings. The van der Waals surface area contributed by atoms with Crippen LogP contribution in [0.15, 0.2) is 18.2 Å². The Labute approximate surface area is 95.7 Å². The van der Waals surface area contributed by atoms with Crippen LogP contribution < -0.4 is 10.6 Å². The standard InChI is InChI=1S/C11H15FN2.ClH/c12-10-4-1-5-11-9(10)3-2-7-14(11)8-6-13;/h1,4-5H,2-3,6-8,13H2;1H. The van der Waals surface area contributed by atoms with Crippen LogP contribution in [0.4, 0.5) is 10.1 Å². The zero-order valence-corrected chi connectivity index (χ0v) is 9.39. The van der Waals surface area contributed by atoms with Gasteiger partial charge >= 0.3 is 0 Å². The molecule has 0 atom stereocenters. The van der Waals surface area contributed by atoms with E-state index in [1.807, 2.05) is 6.07 Å². The zero-order valence-electron chi connectivity index (χ0n) is 8.58. The van der Waals surface area contributed by atoms with Crippen LogP contribution >= 0.6 is 12.4 Å². The average molecular weight is 231 g/mol. The molecule has 1 aromatic carbocycles. The summed E-state index contributed by atoms with van der Waals surface area (Å²) in [4.78, 5) is 2.17. The highest BCUT2D eigenvalue weighted by Gasteiger charge is 2.18. The van der Waals surface area contributed by atoms with Crippen molar-refractivity contribution in [1.29, 1.82) is 0 Å². The number of anilines is 1. The summed E-state index contributed by atoms with van der Waals surface area (Å²) in [5.41, 5.74) is 7.40. The molecule has 0 aliphatic carbocycles. The lowest BCUT2D eigenvalue weighted by Crippen LogP contribution is -2.34. The number of nitrogens with zero attached hydrogens (tertiary/aromatic N) is 1. The summed E-state index contributed by atoms with van der Waals surface area (Å²) in [6.07, 6.45) is 1.87. The molecule has 0 unspecified atom stereocenters. The van der Waals surface area contributed by atoms with Gasteiger partial charge in [-0.25, -0.2) is 4.39 Å². The van der Waals surface area contributed by atoms with Crippen molar-refractivity contribution >= 4 is 18.1 Å². The quantitative estimate of drug-likeness (QED) is 0.842. The van der Waals surface area contributed by atoms with Crippen molar-refractivity contribution in [3.05, 3.63) is 29.6 Å². The molecular weight excluding hydrogens is 215 g/mol. The fraction of sp³-hybridized carbons (Fsp3) is 0.455. The van der Waals surface area contributed by atoms with Crippen LogP contribution in [0.2, 0.25) is 0 Å². The normalized spacial score (nSPS) is 14.4. The predicted octanol–water partition coefficient (Wildman–Crippen LogP) is 1.96. The molecule has 15 heavy (non-hydrogen) atoms. The minimum absolute atomic E-state index is 0. The molecule has 4 heteroatoms. The van der Waals surface area contributed by atoms with Gasteiger partial charge in [0.25, 0.3) is 0 Å². The Hall–Kier alpha value is -0.800. The third-order valence-corrected chi connectivity index (χ3v) is 2.69. The first-order valence-electron chi connectivity index (χ1n) is 5.05. The SMILES string of the molecule is Cl.NCCN1CCCc2c(F)cccc21. The van der Waals surface area contributed by atoms with E-state index in [0.29, 0.717) is 6.54 Å². The predicted molar refractivity (Wildman–Crippen MR) is 63.2 cm³/mol. The van der Waals surface area contributed by atoms with E-state index in [2.05, 4.69) is 4.90 Å². The fourth-order valence-electron chi connectivity index (χ4n) is 2.05. The molecule has 0 spiro atoms. The van der Waals surface area contributed by atoms with E-state index in [9.17, 15) is 4.39 Å². The number of benzene rings is 1. The Morgan fingerprint density at radius 2 is 2.20 bits per heavy atom. The molecule has 0 radical (unpaired) electrons. The molecule has 2 rings (SSSR count). The molecule has 1 aromatic rings. The number of fused-ring (bicyclic) bond motifs is 1. The van der Waals surface area contributed by atoms with Gasteiger partial charge in [0, 0.05) is 30.9 Å². The molecule has 0 aromatic heterocycles. The van der Waals surface area contributed by atoms with Crippen molar-refractivity contribution in [3.8, 4) is 0 Å². The van der Waals surface area contributed by atoms with Gasteiger partial charge in [0.2, 0.25) is 0 Å². The van der Waals surface area contributed by atoms with Gasteiger partial charge in [-0.3, -0.25) is 0 Å². The summed E-state index contributed by atoms with van der Waals surface area (Å²) in [5, 5.41) is 0. The van der Waals surface area contributed by atoms with Crippen LogP contribution in [0.25, 0.3) is 0 Å². The largest absolute Gasteiger partial charge is 0.370 e. The monoisotopic (exact) mass is 230 g/mol. The maximum atomic E-state index is 13.4. The summed E-state index contributed by atoms with van der Waals surface area (Å²) < 4.78 is 13.4. The molecule has 1 heterocycles. The van der Waals surface area contributed by atoms with Crippen LogP contribution in [0.1, 0.15) is 12.0 Å². The second-order valence-electron chi connectivity index (χ2n) is 3.62. The number of hydrogen-bond acceptors (Lipinski definition) is 2. The summed E-state index contributed by atoms with van der Waals surface area (Å²) in [5.74, 6) is -0.0794. The van der Waals surface area contributed by atoms with E-state index < -0.39 is 0 Å². The van der Waals surface area contributed by atoms with Crippen LogP contribution in [0.5, 0.6) is 0 Å². The van der Waals surface area contributed by atoms with Crippen LogP contribution in [-0.2, 0) is 6.42 Å². The lowest BCUT2D eigenvalue weighted by Gasteiger charge is -2.31. The average Bonchev–Trinajstić information content (AvgIpc) is 2.20. The summed E-state index contributed by atoms with van der Waals surface area (Å²) >= 11 is 0. The van der Waals surface area contributed by atoms with E-state index in [1.165, 1.54) is 6.07 Å². The van der Waals surface area contributed by atoms with Gasteiger partial charge in [0.1, 0.15) is 5.82 Å². The Morgan fingerprint density at radius 3 is 2.93 bits per heavy atom. The first-order chi connectivity index (χ1) is 6.83. The highest BCUT2D eigenvalue weighted by Crippen LogP contribution is 2.28. The van der Waals surface area contributed by atoms with E-state index in [0.717, 1.165) is 37.2 Å². The van der Waals surface area contributed by atoms with Gasteiger partial charge < -0.3 is 10.6 Å². The Morgan fingerprint density at radius 1 is 1.40 bits per heavy atom. The number of nitrogens with two attached hydrogens (primary N) is 1. The van der Waals surface area contributed by atoms with Gasteiger partial charge in [0.15, 0.2) is 0 Å². The van der Waals surface area contributed by atoms with E-state index >= 15 is 0 Å². The Kier molecular flexibility index (Phi) is 4.36. The number of rotatable bonds is 2. The minimum Gasteiger partial charge on any atom is -0.370 e. The molecule has 0 bridgehead atoms. The first kappa shape index (κ1) is 12.3. The fourth-order valence-corrected chi connectivity index (χ4v) is 2.05. The van der Waals surface area contributed by atoms with Gasteiger partial charge in [-0.2, -0.15) is 0 Å². The second-order valence-corrected chi connectivity index (χ2v) is 3.62. The van der Waals surface area contributed by atoms with Crippen molar-refractivity contribution in [2.75, 3.05) is 24.5 Å². The van der Waals surface area contributed by atoms with Gasteiger partial charge in [-0.1, -0.05) is 6.07 Å². The third kappa shape index (κ3) is 2.41. The summed E-state index contributed by atoms with van der Waals surface area (Å²) in [6, 6.07) is 5.28. The molecule has 0 amide bonds. The molecule has 1 aliphatic rings. The van der Waals surface area contributed by atoms with Crippen molar-refractivity contribution in [2.45, 2.75) is 12.8 Å². The molecular formula is C11H16ClFN2. The molecule has 84 valence electrons. The van der Waals surface area contributed by atoms with E-state index in [1.54, 1.807) is 6.07 Å². The highest BCUT2D eigenvalue weighted by molar-refractivity contribution is 5.85. The number of halogens is 2. The third-order valence-electron chi connectivity index (χ3n) is 2.69. The Bertz CT molecular complexity index is 330. The van der Waals surface area contributed by atoms with Crippen LogP contribution in [-0.4, -0.2) is 19.6 Å². The lowest BCUT2D eigenvalue weighted by molar-refractivity contribution is 0.588. The van der Waals surface area contributed by atoms with Crippen LogP contribution in [0, 0.1) is 5.82 Å². The summed E-state index contributed by atoms with van der Waals surface area (Å²) in [7, 11) is 0. The van der Waals surface area contributed by atoms with Crippen LogP contribution in [0.3, 0.4) is 0 Å². The van der Waals surface area contributed by atoms with Crippen molar-refractivity contribution < 1.29 is 4.39 Å². The second kappa shape index (κ2) is 5.33. The Balaban J connectivity index is 0.00000112. The highest BCUT2D eigenvalue weighted by atomic mass is 35.5. The van der Waals surface area contributed by atoms with E-state index in [-0.39, 0.29) is 18.2 Å². The zero-order chi connectivity index (χ0) is 9.97. The first-order valence-corrected chi connectivity index (χ1v) is 5.05. The van der Waals surface area contributed by atoms with Gasteiger partial charge in [0.05, 0.1) is 0 Å². The van der Waals surface area contributed by atoms with Crippen molar-refractivity contribution in [3.63, 3.8) is 0 Å². The maximum absolute atomic E-state index is 13.4. The van der Waals surface area contributed by atoms with E-state index in [4.69, 9.17) is 5.73 Å². The molecule has 2 nitrogen and oxygen atoms in total. The topological polar surface area (TPSA) is 29.3 Å². The lowest BCUT2D eigenvalue weighted by atomic mass is 10.0. The van der Waals surface area contributed by atoms with Gasteiger partial charge in [-0.15, -0.1) is 12.4 Å². The summed E-state index contributed by atoms with van der Waals surface area (Å²) in [6.45, 7) is 2.43. The van der Waals surface area contributed by atoms with Gasteiger partial charge in [-0.05, 0) is 25.0 Å². The number of hydrogen-bond donors (Lipinski definition) is 1. The maximum Gasteiger partial charge on any atom is 0.128 e. The van der Waals surface area contributed by atoms with Crippen molar-refractivity contribution in [2.24, 2.45) is 5.73 Å². The van der Waals surface area contributed by atoms with Crippen molar-refractivity contribution in [1.82, 2.24) is 0 Å². The molecule has 0 saturated carbocycles.